The van der Waals surface area contributed by atoms with Gasteiger partial charge in [-0.3, -0.25) is 14.4 Å². The van der Waals surface area contributed by atoms with Crippen LogP contribution in [0.5, 0.6) is 5.75 Å². The number of guanidine groups is 1. The van der Waals surface area contributed by atoms with Gasteiger partial charge in [0.2, 0.25) is 5.91 Å². The van der Waals surface area contributed by atoms with E-state index in [0.717, 1.165) is 40.9 Å². The largest absolute Gasteiger partial charge is 0.494 e. The zero-order chi connectivity index (χ0) is 27.8. The van der Waals surface area contributed by atoms with Crippen LogP contribution < -0.4 is 27.2 Å². The van der Waals surface area contributed by atoms with Gasteiger partial charge >= 0.3 is 5.69 Å². The maximum atomic E-state index is 12.8. The minimum absolute atomic E-state index is 0.0392. The first-order valence-electron chi connectivity index (χ1n) is 12.7. The Hall–Kier alpha value is -4.64. The van der Waals surface area contributed by atoms with Gasteiger partial charge in [0.05, 0.1) is 18.8 Å². The van der Waals surface area contributed by atoms with Crippen molar-refractivity contribution in [3.63, 3.8) is 0 Å². The Morgan fingerprint density at radius 1 is 1.15 bits per heavy atom. The van der Waals surface area contributed by atoms with Gasteiger partial charge in [-0.15, -0.1) is 0 Å². The summed E-state index contributed by atoms with van der Waals surface area (Å²) in [6.07, 6.45) is 2.91. The predicted molar refractivity (Wildman–Crippen MR) is 153 cm³/mol. The molecule has 11 nitrogen and oxygen atoms in total. The van der Waals surface area contributed by atoms with Crippen molar-refractivity contribution in [2.24, 2.45) is 16.5 Å². The normalized spacial score (nSPS) is 11.1. The summed E-state index contributed by atoms with van der Waals surface area (Å²) in [6, 6.07) is 17.2. The summed E-state index contributed by atoms with van der Waals surface area (Å²) >= 11 is 0. The molecule has 2 heterocycles. The first-order valence-corrected chi connectivity index (χ1v) is 12.7. The Balaban J connectivity index is 1.44. The van der Waals surface area contributed by atoms with Crippen LogP contribution in [0.25, 0.3) is 28.0 Å². The maximum Gasteiger partial charge on any atom is 0.354 e. The fraction of sp³-hybridized carbons (Fsp3) is 0.286. The highest BCUT2D eigenvalue weighted by molar-refractivity contribution is 5.83. The number of nitrogens with one attached hydrogen (secondary N) is 2. The molecule has 0 saturated heterocycles. The van der Waals surface area contributed by atoms with Crippen molar-refractivity contribution in [3.8, 4) is 22.7 Å². The Bertz CT molecular complexity index is 1500. The van der Waals surface area contributed by atoms with E-state index in [9.17, 15) is 9.59 Å². The average molecular weight is 531 g/mol. The van der Waals surface area contributed by atoms with Gasteiger partial charge in [0, 0.05) is 42.4 Å². The molecule has 11 heteroatoms. The maximum absolute atomic E-state index is 12.8. The Kier molecular flexibility index (Phi) is 8.95. The molecule has 2 aromatic carbocycles. The van der Waals surface area contributed by atoms with Crippen LogP contribution in [-0.4, -0.2) is 65.1 Å². The standard InChI is InChI=1S/C28H34N8O3/c1-35(2)13-4-14-39-23-6-3-5-20(15-23)24-16-21-18-36(28(38)34-26(21)33-24)22-9-7-19(8-10-22)17-32-25(37)11-12-31-27(29)30/h3,5-10,15-16,18H,4,11-14,17H2,1-2H3,(H,32,37)(H4,29,30,31)(H,33,34,38). The summed E-state index contributed by atoms with van der Waals surface area (Å²) in [5.41, 5.74) is 14.0. The van der Waals surface area contributed by atoms with Gasteiger partial charge in [-0.1, -0.05) is 24.3 Å². The van der Waals surface area contributed by atoms with E-state index in [1.165, 1.54) is 4.57 Å². The van der Waals surface area contributed by atoms with E-state index in [2.05, 4.69) is 25.2 Å². The molecule has 0 aliphatic rings. The number of hydrogen-bond acceptors (Lipinski definition) is 6. The lowest BCUT2D eigenvalue weighted by molar-refractivity contribution is -0.121. The summed E-state index contributed by atoms with van der Waals surface area (Å²) in [7, 11) is 4.08. The SMILES string of the molecule is CN(C)CCCOc1cccc(-c2cc3cn(-c4ccc(CNC(=O)CCN=C(N)N)cc4)c(=O)nc3[nH]2)c1. The van der Waals surface area contributed by atoms with E-state index >= 15 is 0 Å². The fourth-order valence-corrected chi connectivity index (χ4v) is 4.01. The van der Waals surface area contributed by atoms with Crippen LogP contribution in [-0.2, 0) is 11.3 Å². The van der Waals surface area contributed by atoms with Crippen LogP contribution in [0, 0.1) is 0 Å². The van der Waals surface area contributed by atoms with Crippen LogP contribution in [0.15, 0.2) is 70.6 Å². The second-order valence-electron chi connectivity index (χ2n) is 9.41. The first-order chi connectivity index (χ1) is 18.8. The molecule has 6 N–H and O–H groups in total. The van der Waals surface area contributed by atoms with Crippen molar-refractivity contribution in [2.45, 2.75) is 19.4 Å². The summed E-state index contributed by atoms with van der Waals surface area (Å²) in [4.78, 5) is 38.2. The van der Waals surface area contributed by atoms with Gasteiger partial charge in [-0.25, -0.2) is 4.79 Å². The molecule has 204 valence electrons. The van der Waals surface area contributed by atoms with Gasteiger partial charge in [-0.2, -0.15) is 4.98 Å². The van der Waals surface area contributed by atoms with E-state index in [4.69, 9.17) is 16.2 Å². The van der Waals surface area contributed by atoms with Gasteiger partial charge in [-0.05, 0) is 56.4 Å². The lowest BCUT2D eigenvalue weighted by atomic mass is 10.1. The Labute approximate surface area is 226 Å². The number of benzene rings is 2. The number of H-pyrrole nitrogens is 1. The number of rotatable bonds is 12. The quantitative estimate of drug-likeness (QED) is 0.124. The number of aromatic nitrogens is 3. The van der Waals surface area contributed by atoms with E-state index in [0.29, 0.717) is 24.5 Å². The molecule has 1 amide bonds. The smallest absolute Gasteiger partial charge is 0.354 e. The zero-order valence-electron chi connectivity index (χ0n) is 22.2. The third-order valence-electron chi connectivity index (χ3n) is 6.01. The van der Waals surface area contributed by atoms with E-state index in [-0.39, 0.29) is 24.8 Å². The molecular weight excluding hydrogens is 496 g/mol. The number of carbonyl (C=O) groups is 1. The zero-order valence-corrected chi connectivity index (χ0v) is 22.2. The van der Waals surface area contributed by atoms with Crippen LogP contribution in [0.3, 0.4) is 0 Å². The van der Waals surface area contributed by atoms with Crippen LogP contribution in [0.4, 0.5) is 0 Å². The highest BCUT2D eigenvalue weighted by Crippen LogP contribution is 2.26. The number of ether oxygens (including phenoxy) is 1. The van der Waals surface area contributed by atoms with E-state index < -0.39 is 5.69 Å². The summed E-state index contributed by atoms with van der Waals surface area (Å²) < 4.78 is 7.41. The van der Waals surface area contributed by atoms with Crippen molar-refractivity contribution < 1.29 is 9.53 Å². The van der Waals surface area contributed by atoms with Crippen LogP contribution in [0.2, 0.25) is 0 Å². The number of aliphatic imine (C=N–C) groups is 1. The lowest BCUT2D eigenvalue weighted by Crippen LogP contribution is -2.26. The summed E-state index contributed by atoms with van der Waals surface area (Å²) in [5, 5.41) is 3.63. The number of nitrogens with two attached hydrogens (primary N) is 2. The molecule has 4 aromatic rings. The van der Waals surface area contributed by atoms with Gasteiger partial charge in [0.25, 0.3) is 0 Å². The summed E-state index contributed by atoms with van der Waals surface area (Å²) in [5.74, 6) is 0.602. The van der Waals surface area contributed by atoms with Crippen molar-refractivity contribution in [2.75, 3.05) is 33.8 Å². The van der Waals surface area contributed by atoms with Crippen molar-refractivity contribution >= 4 is 22.9 Å². The molecular formula is C28H34N8O3. The molecule has 0 fully saturated rings. The van der Waals surface area contributed by atoms with E-state index in [1.54, 1.807) is 6.20 Å². The number of fused-ring (bicyclic) bond motifs is 1. The molecule has 39 heavy (non-hydrogen) atoms. The first kappa shape index (κ1) is 27.4. The fourth-order valence-electron chi connectivity index (χ4n) is 4.01. The van der Waals surface area contributed by atoms with Crippen molar-refractivity contribution in [1.29, 1.82) is 0 Å². The summed E-state index contributed by atoms with van der Waals surface area (Å²) in [6.45, 7) is 2.20. The monoisotopic (exact) mass is 530 g/mol. The molecule has 0 atom stereocenters. The molecule has 0 unspecified atom stereocenters. The number of amides is 1. The second-order valence-corrected chi connectivity index (χ2v) is 9.41. The molecule has 0 spiro atoms. The molecule has 0 saturated carbocycles. The Morgan fingerprint density at radius 2 is 1.95 bits per heavy atom. The number of aromatic amines is 1. The third-order valence-corrected chi connectivity index (χ3v) is 6.01. The highest BCUT2D eigenvalue weighted by atomic mass is 16.5. The van der Waals surface area contributed by atoms with Gasteiger partial charge < -0.3 is 31.4 Å². The number of hydrogen-bond donors (Lipinski definition) is 4. The predicted octanol–water partition coefficient (Wildman–Crippen LogP) is 1.99. The lowest BCUT2D eigenvalue weighted by Gasteiger charge is -2.10. The minimum atomic E-state index is -0.394. The highest BCUT2D eigenvalue weighted by Gasteiger charge is 2.10. The van der Waals surface area contributed by atoms with Crippen molar-refractivity contribution in [3.05, 3.63) is 76.8 Å². The Morgan fingerprint density at radius 3 is 2.69 bits per heavy atom. The molecule has 0 aliphatic heterocycles. The average Bonchev–Trinajstić information content (AvgIpc) is 3.32. The molecule has 0 radical (unpaired) electrons. The van der Waals surface area contributed by atoms with Gasteiger partial charge in [0.15, 0.2) is 5.96 Å². The number of carbonyl (C=O) groups excluding carboxylic acids is 1. The minimum Gasteiger partial charge on any atom is -0.494 e. The second kappa shape index (κ2) is 12.7. The topological polar surface area (TPSA) is 157 Å². The molecule has 0 aliphatic carbocycles. The van der Waals surface area contributed by atoms with Crippen molar-refractivity contribution in [1.82, 2.24) is 24.8 Å². The third kappa shape index (κ3) is 7.68. The van der Waals surface area contributed by atoms with E-state index in [1.807, 2.05) is 68.7 Å². The molecule has 4 rings (SSSR count). The molecule has 0 bridgehead atoms. The van der Waals surface area contributed by atoms with Crippen LogP contribution in [0.1, 0.15) is 18.4 Å². The molecule has 2 aromatic heterocycles. The van der Waals surface area contributed by atoms with Gasteiger partial charge in [0.1, 0.15) is 11.4 Å². The van der Waals surface area contributed by atoms with Crippen LogP contribution >= 0.6 is 0 Å². The number of nitrogens with zero attached hydrogens (tertiary/aromatic N) is 4.